The van der Waals surface area contributed by atoms with Gasteiger partial charge in [-0.2, -0.15) is 0 Å². The fourth-order valence-electron chi connectivity index (χ4n) is 8.79. The van der Waals surface area contributed by atoms with E-state index in [4.69, 9.17) is 4.42 Å². The molecule has 1 aromatic heterocycles. The predicted molar refractivity (Wildman–Crippen MR) is 255 cm³/mol. The molecule has 0 fully saturated rings. The first kappa shape index (κ1) is 26.9. The third kappa shape index (κ3) is 5.57. The first-order valence-corrected chi connectivity index (χ1v) is 19.9. The van der Waals surface area contributed by atoms with E-state index >= 15 is 0 Å². The molecule has 0 atom stereocenters. The van der Waals surface area contributed by atoms with Crippen molar-refractivity contribution in [3.05, 3.63) is 224 Å². The summed E-state index contributed by atoms with van der Waals surface area (Å²) in [6, 6.07) is 53.8. The molecule has 0 aliphatic rings. The Hall–Kier alpha value is -7.94. The van der Waals surface area contributed by atoms with E-state index in [1.807, 2.05) is 127 Å². The van der Waals surface area contributed by atoms with Crippen molar-refractivity contribution in [2.24, 2.45) is 0 Å². The molecular formula is C58H37NO. The zero-order valence-corrected chi connectivity index (χ0v) is 32.1. The van der Waals surface area contributed by atoms with Crippen molar-refractivity contribution in [3.63, 3.8) is 0 Å². The molecule has 1 heterocycles. The minimum Gasteiger partial charge on any atom is -0.456 e. The number of benzene rings is 11. The molecule has 0 saturated carbocycles. The van der Waals surface area contributed by atoms with Gasteiger partial charge in [0.2, 0.25) is 0 Å². The second kappa shape index (κ2) is 13.9. The van der Waals surface area contributed by atoms with Crippen molar-refractivity contribution in [2.75, 3.05) is 4.90 Å². The van der Waals surface area contributed by atoms with Crippen LogP contribution in [0.25, 0.3) is 98.4 Å². The Morgan fingerprint density at radius 2 is 0.817 bits per heavy atom. The van der Waals surface area contributed by atoms with Crippen LogP contribution in [0.2, 0.25) is 0 Å². The monoisotopic (exact) mass is 771 g/mol. The van der Waals surface area contributed by atoms with Crippen molar-refractivity contribution >= 4 is 82.1 Å². The van der Waals surface area contributed by atoms with Crippen molar-refractivity contribution in [2.45, 2.75) is 0 Å². The van der Waals surface area contributed by atoms with E-state index < -0.39 is 36.3 Å². The smallest absolute Gasteiger partial charge is 0.137 e. The van der Waals surface area contributed by atoms with Crippen LogP contribution in [0, 0.1) is 0 Å². The van der Waals surface area contributed by atoms with E-state index in [1.54, 1.807) is 11.0 Å². The second-order valence-corrected chi connectivity index (χ2v) is 15.0. The highest BCUT2D eigenvalue weighted by Gasteiger charge is 2.20. The number of fused-ring (bicyclic) bond motifs is 9. The van der Waals surface area contributed by atoms with Crippen LogP contribution in [0.15, 0.2) is 229 Å². The lowest BCUT2D eigenvalue weighted by Crippen LogP contribution is -2.10. The summed E-state index contributed by atoms with van der Waals surface area (Å²) in [7, 11) is 0. The van der Waals surface area contributed by atoms with Crippen molar-refractivity contribution in [1.82, 2.24) is 0 Å². The fourth-order valence-corrected chi connectivity index (χ4v) is 8.79. The van der Waals surface area contributed by atoms with E-state index in [9.17, 15) is 11.0 Å². The number of nitrogens with zero attached hydrogens (tertiary/aromatic N) is 1. The first-order valence-electron chi connectivity index (χ1n) is 23.9. The largest absolute Gasteiger partial charge is 0.456 e. The van der Waals surface area contributed by atoms with Gasteiger partial charge in [-0.3, -0.25) is 0 Å². The number of hydrogen-bond acceptors (Lipinski definition) is 2. The molecule has 280 valence electrons. The summed E-state index contributed by atoms with van der Waals surface area (Å²) >= 11 is 0. The minimum atomic E-state index is -0.500. The lowest BCUT2D eigenvalue weighted by Gasteiger charge is -2.26. The van der Waals surface area contributed by atoms with Gasteiger partial charge >= 0.3 is 0 Å². The summed E-state index contributed by atoms with van der Waals surface area (Å²) in [4.78, 5) is 1.72. The second-order valence-electron chi connectivity index (χ2n) is 15.0. The maximum absolute atomic E-state index is 9.73. The Balaban J connectivity index is 1.05. The summed E-state index contributed by atoms with van der Waals surface area (Å²) in [5.41, 5.74) is 4.23. The molecule has 0 spiro atoms. The maximum atomic E-state index is 9.73. The van der Waals surface area contributed by atoms with Crippen LogP contribution in [0.1, 0.15) is 11.0 Å². The molecule has 0 bridgehead atoms. The number of hydrogen-bond donors (Lipinski definition) is 0. The van der Waals surface area contributed by atoms with Crippen LogP contribution >= 0.6 is 0 Å². The third-order valence-electron chi connectivity index (χ3n) is 11.6. The van der Waals surface area contributed by atoms with Gasteiger partial charge in [-0.05, 0) is 119 Å². The topological polar surface area (TPSA) is 16.4 Å². The van der Waals surface area contributed by atoms with Gasteiger partial charge in [0.25, 0.3) is 0 Å². The number of para-hydroxylation sites is 1. The van der Waals surface area contributed by atoms with Gasteiger partial charge in [0.15, 0.2) is 0 Å². The Morgan fingerprint density at radius 3 is 1.47 bits per heavy atom. The molecule has 0 unspecified atom stereocenters. The summed E-state index contributed by atoms with van der Waals surface area (Å²) in [5.74, 6) is 0. The van der Waals surface area contributed by atoms with Crippen LogP contribution < -0.4 is 4.90 Å². The van der Waals surface area contributed by atoms with Crippen LogP contribution in [-0.4, -0.2) is 0 Å². The highest BCUT2D eigenvalue weighted by molar-refractivity contribution is 6.15. The third-order valence-corrected chi connectivity index (χ3v) is 11.6. The average Bonchev–Trinajstić information content (AvgIpc) is 3.77. The van der Waals surface area contributed by atoms with Crippen LogP contribution in [-0.2, 0) is 0 Å². The van der Waals surface area contributed by atoms with Crippen molar-refractivity contribution in [1.29, 1.82) is 0 Å². The molecule has 0 radical (unpaired) electrons. The highest BCUT2D eigenvalue weighted by atomic mass is 16.3. The van der Waals surface area contributed by atoms with Gasteiger partial charge in [-0.25, -0.2) is 0 Å². The predicted octanol–water partition coefficient (Wildman–Crippen LogP) is 16.7. The summed E-state index contributed by atoms with van der Waals surface area (Å²) < 4.78 is 82.4. The maximum Gasteiger partial charge on any atom is 0.137 e. The van der Waals surface area contributed by atoms with E-state index in [0.717, 1.165) is 59.6 Å². The number of furan rings is 1. The Bertz CT molecular complexity index is 4030. The molecule has 11 aromatic carbocycles. The molecule has 2 heteroatoms. The average molecular weight is 772 g/mol. The lowest BCUT2D eigenvalue weighted by atomic mass is 9.93. The zero-order valence-electron chi connectivity index (χ0n) is 40.1. The molecule has 0 amide bonds. The molecule has 0 N–H and O–H groups in total. The van der Waals surface area contributed by atoms with Crippen LogP contribution in [0.3, 0.4) is 0 Å². The standard InChI is InChI=1S/C58H37NO/c1-3-12-46-40(10-1)30-36-52-48(15-7-17-50(46)52)42-24-22-38(23-25-42)39-26-32-44(33-27-39)59(55-19-9-21-57-58(55)54-14-5-6-20-56(54)60-57)45-34-28-43(29-35-45)49-16-8-18-51-47-13-4-2-11-41(47)31-37-53(49)51/h1-37H/i22D,23D,24D,25D,26D,27D,32D,33D. The van der Waals surface area contributed by atoms with E-state index in [1.165, 1.54) is 0 Å². The number of anilines is 3. The normalized spacial score (nSPS) is 13.5. The Kier molecular flexibility index (Phi) is 6.21. The molecule has 2 nitrogen and oxygen atoms in total. The first-order chi connectivity index (χ1) is 33.1. The summed E-state index contributed by atoms with van der Waals surface area (Å²) in [5, 5.41) is 9.72. The molecule has 12 aromatic rings. The van der Waals surface area contributed by atoms with Gasteiger partial charge in [-0.15, -0.1) is 0 Å². The van der Waals surface area contributed by atoms with Crippen molar-refractivity contribution in [3.8, 4) is 33.4 Å². The molecule has 12 rings (SSSR count). The summed E-state index contributed by atoms with van der Waals surface area (Å²) in [6.45, 7) is 0. The van der Waals surface area contributed by atoms with Crippen LogP contribution in [0.5, 0.6) is 0 Å². The molecular weight excluding hydrogens is 727 g/mol. The quantitative estimate of drug-likeness (QED) is 0.157. The highest BCUT2D eigenvalue weighted by Crippen LogP contribution is 2.44. The van der Waals surface area contributed by atoms with E-state index in [0.29, 0.717) is 33.5 Å². The Labute approximate surface area is 359 Å². The molecule has 0 aliphatic carbocycles. The van der Waals surface area contributed by atoms with Crippen molar-refractivity contribution < 1.29 is 15.4 Å². The molecule has 60 heavy (non-hydrogen) atoms. The van der Waals surface area contributed by atoms with Crippen LogP contribution in [0.4, 0.5) is 17.1 Å². The summed E-state index contributed by atoms with van der Waals surface area (Å²) in [6.07, 6.45) is 0. The zero-order chi connectivity index (χ0) is 46.5. The van der Waals surface area contributed by atoms with E-state index in [2.05, 4.69) is 42.5 Å². The van der Waals surface area contributed by atoms with E-state index in [-0.39, 0.29) is 34.5 Å². The Morgan fingerprint density at radius 1 is 0.317 bits per heavy atom. The SMILES string of the molecule is [2H]c1c([2H])c(-c2cccc3c2ccc2ccccc23)c([2H])c([2H])c1-c1c([2H])c([2H])c(N(c2ccc(-c3cccc4c3ccc3ccccc34)cc2)c2cccc3oc4ccccc4c23)c([2H])c1[2H]. The molecule has 0 aliphatic heterocycles. The molecule has 0 saturated heterocycles. The van der Waals surface area contributed by atoms with Gasteiger partial charge in [0.05, 0.1) is 22.0 Å². The fraction of sp³-hybridized carbons (Fsp3) is 0. The minimum absolute atomic E-state index is 0.0548. The number of rotatable bonds is 6. The van der Waals surface area contributed by atoms with Gasteiger partial charge < -0.3 is 9.32 Å². The lowest BCUT2D eigenvalue weighted by molar-refractivity contribution is 0.669. The van der Waals surface area contributed by atoms with Gasteiger partial charge in [0, 0.05) is 16.8 Å². The van der Waals surface area contributed by atoms with Gasteiger partial charge in [-0.1, -0.05) is 182 Å². The van der Waals surface area contributed by atoms with Gasteiger partial charge in [0.1, 0.15) is 11.2 Å².